The lowest BCUT2D eigenvalue weighted by molar-refractivity contribution is 0.241. The van der Waals surface area contributed by atoms with Crippen LogP contribution in [-0.2, 0) is 4.29 Å². The Morgan fingerprint density at radius 1 is 1.57 bits per heavy atom. The summed E-state index contributed by atoms with van der Waals surface area (Å²) < 4.78 is 4.72. The highest BCUT2D eigenvalue weighted by atomic mass is 35.5. The van der Waals surface area contributed by atoms with Gasteiger partial charge in [0, 0.05) is 16.1 Å². The second-order valence-electron chi connectivity index (χ2n) is 2.82. The van der Waals surface area contributed by atoms with Gasteiger partial charge in [0.15, 0.2) is 6.23 Å². The van der Waals surface area contributed by atoms with Crippen molar-refractivity contribution in [3.63, 3.8) is 0 Å². The Hall–Kier alpha value is -0.710. The van der Waals surface area contributed by atoms with Crippen LogP contribution < -0.4 is 5.32 Å². The molecule has 1 atom stereocenters. The molecule has 1 aromatic rings. The number of hydrogen-bond acceptors (Lipinski definition) is 4. The number of hydrogen-bond donors (Lipinski definition) is 1. The Kier molecular flexibility index (Phi) is 2.96. The van der Waals surface area contributed by atoms with E-state index in [1.165, 1.54) is 4.90 Å². The van der Waals surface area contributed by atoms with E-state index in [2.05, 4.69) is 10.3 Å². The van der Waals surface area contributed by atoms with Gasteiger partial charge in [0.05, 0.1) is 18.2 Å². The number of fused-ring (bicyclic) bond motifs is 1. The predicted octanol–water partition coefficient (Wildman–Crippen LogP) is 3.03. The fraction of sp³-hybridized carbons (Fsp3) is 0.222. The van der Waals surface area contributed by atoms with Gasteiger partial charge in [-0.2, -0.15) is 0 Å². The van der Waals surface area contributed by atoms with Gasteiger partial charge in [-0.25, -0.2) is 9.28 Å². The summed E-state index contributed by atoms with van der Waals surface area (Å²) in [6.45, 7) is 0. The van der Waals surface area contributed by atoms with E-state index in [9.17, 15) is 0 Å². The van der Waals surface area contributed by atoms with E-state index in [1.807, 2.05) is 24.5 Å². The monoisotopic (exact) mass is 228 g/mol. The van der Waals surface area contributed by atoms with Crippen molar-refractivity contribution in [1.29, 1.82) is 0 Å². The van der Waals surface area contributed by atoms with Crippen molar-refractivity contribution in [2.24, 2.45) is 4.99 Å². The van der Waals surface area contributed by atoms with Gasteiger partial charge in [-0.3, -0.25) is 0 Å². The molecule has 14 heavy (non-hydrogen) atoms. The fourth-order valence-electron chi connectivity index (χ4n) is 1.33. The van der Waals surface area contributed by atoms with Crippen molar-refractivity contribution in [2.45, 2.75) is 11.1 Å². The molecule has 0 bridgehead atoms. The van der Waals surface area contributed by atoms with Crippen molar-refractivity contribution in [2.75, 3.05) is 11.6 Å². The van der Waals surface area contributed by atoms with Gasteiger partial charge in [0.25, 0.3) is 0 Å². The van der Waals surface area contributed by atoms with E-state index in [4.69, 9.17) is 16.2 Å². The van der Waals surface area contributed by atoms with Gasteiger partial charge >= 0.3 is 0 Å². The second kappa shape index (κ2) is 4.21. The average molecular weight is 229 g/mol. The highest BCUT2D eigenvalue weighted by Crippen LogP contribution is 2.32. The molecule has 0 radical (unpaired) electrons. The van der Waals surface area contributed by atoms with Gasteiger partial charge in [0.1, 0.15) is 0 Å². The van der Waals surface area contributed by atoms with Gasteiger partial charge in [-0.1, -0.05) is 6.07 Å². The van der Waals surface area contributed by atoms with Crippen LogP contribution in [0.4, 0.5) is 5.69 Å². The molecule has 1 unspecified atom stereocenters. The summed E-state index contributed by atoms with van der Waals surface area (Å²) in [7, 11) is 0. The molecule has 0 amide bonds. The van der Waals surface area contributed by atoms with Crippen LogP contribution in [0.5, 0.6) is 0 Å². The number of nitrogens with one attached hydrogen (secondary N) is 1. The first kappa shape index (κ1) is 9.83. The first-order chi connectivity index (χ1) is 6.85. The smallest absolute Gasteiger partial charge is 0.197 e. The number of thioether (sulfide) groups is 1. The minimum Gasteiger partial charge on any atom is -0.346 e. The fourth-order valence-corrected chi connectivity index (χ4v) is 1.91. The summed E-state index contributed by atoms with van der Waals surface area (Å²) in [6.07, 6.45) is 3.23. The second-order valence-corrected chi connectivity index (χ2v) is 3.87. The van der Waals surface area contributed by atoms with Crippen LogP contribution in [0.1, 0.15) is 11.8 Å². The van der Waals surface area contributed by atoms with E-state index in [-0.39, 0.29) is 0 Å². The number of halogens is 1. The Bertz CT molecular complexity index is 370. The van der Waals surface area contributed by atoms with Gasteiger partial charge < -0.3 is 5.32 Å². The van der Waals surface area contributed by atoms with Gasteiger partial charge in [0.2, 0.25) is 0 Å². The summed E-state index contributed by atoms with van der Waals surface area (Å²) >= 11 is 7.03. The lowest BCUT2D eigenvalue weighted by atomic mass is 10.1. The molecule has 74 valence electrons. The summed E-state index contributed by atoms with van der Waals surface area (Å²) in [6, 6.07) is 6.04. The van der Waals surface area contributed by atoms with Gasteiger partial charge in [-0.05, 0) is 18.4 Å². The van der Waals surface area contributed by atoms with Crippen molar-refractivity contribution in [3.8, 4) is 0 Å². The third kappa shape index (κ3) is 1.73. The van der Waals surface area contributed by atoms with Gasteiger partial charge in [-0.15, -0.1) is 11.8 Å². The SMILES string of the molecule is CSc1ccc2c(c1)NC=NC2OCl. The van der Waals surface area contributed by atoms with Crippen LogP contribution in [0.15, 0.2) is 28.1 Å². The molecule has 3 nitrogen and oxygen atoms in total. The first-order valence-electron chi connectivity index (χ1n) is 4.08. The minimum absolute atomic E-state index is 0.399. The molecule has 1 N–H and O–H groups in total. The van der Waals surface area contributed by atoms with E-state index in [0.29, 0.717) is 0 Å². The highest BCUT2D eigenvalue weighted by Gasteiger charge is 2.17. The summed E-state index contributed by atoms with van der Waals surface area (Å²) in [4.78, 5) is 5.24. The van der Waals surface area contributed by atoms with Crippen LogP contribution in [0.25, 0.3) is 0 Å². The third-order valence-electron chi connectivity index (χ3n) is 2.04. The number of nitrogens with zero attached hydrogens (tertiary/aromatic N) is 1. The maximum atomic E-state index is 5.33. The molecular weight excluding hydrogens is 220 g/mol. The maximum absolute atomic E-state index is 5.33. The minimum atomic E-state index is -0.399. The largest absolute Gasteiger partial charge is 0.346 e. The van der Waals surface area contributed by atoms with Crippen molar-refractivity contribution >= 4 is 35.7 Å². The van der Waals surface area contributed by atoms with Crippen LogP contribution >= 0.6 is 23.6 Å². The topological polar surface area (TPSA) is 33.6 Å². The molecule has 2 rings (SSSR count). The van der Waals surface area contributed by atoms with E-state index < -0.39 is 6.23 Å². The summed E-state index contributed by atoms with van der Waals surface area (Å²) in [5.74, 6) is 0. The molecule has 0 aromatic heterocycles. The molecule has 5 heteroatoms. The molecule has 1 heterocycles. The zero-order chi connectivity index (χ0) is 9.97. The van der Waals surface area contributed by atoms with Crippen LogP contribution in [0.3, 0.4) is 0 Å². The van der Waals surface area contributed by atoms with Crippen molar-refractivity contribution in [1.82, 2.24) is 0 Å². The standard InChI is InChI=1S/C9H9ClN2OS/c1-14-6-2-3-7-8(4-6)11-5-12-9(7)13-10/h2-5,9H,1H3,(H,11,12). The Balaban J connectivity index is 2.39. The molecule has 1 aliphatic heterocycles. The van der Waals surface area contributed by atoms with Crippen LogP contribution in [0.2, 0.25) is 0 Å². The van der Waals surface area contributed by atoms with E-state index in [0.717, 1.165) is 11.3 Å². The number of rotatable bonds is 2. The number of anilines is 1. The number of aliphatic imine (C=N–C) groups is 1. The quantitative estimate of drug-likeness (QED) is 0.790. The van der Waals surface area contributed by atoms with Crippen LogP contribution in [-0.4, -0.2) is 12.6 Å². The molecule has 0 fully saturated rings. The molecule has 0 saturated carbocycles. The highest BCUT2D eigenvalue weighted by molar-refractivity contribution is 7.98. The summed E-state index contributed by atoms with van der Waals surface area (Å²) in [5, 5.41) is 3.06. The molecule has 1 aromatic carbocycles. The normalized spacial score (nSPS) is 18.9. The Morgan fingerprint density at radius 2 is 2.43 bits per heavy atom. The zero-order valence-electron chi connectivity index (χ0n) is 7.53. The Labute approximate surface area is 91.7 Å². The average Bonchev–Trinajstić information content (AvgIpc) is 2.27. The van der Waals surface area contributed by atoms with Crippen LogP contribution in [0, 0.1) is 0 Å². The predicted molar refractivity (Wildman–Crippen MR) is 60.0 cm³/mol. The van der Waals surface area contributed by atoms with Crippen molar-refractivity contribution in [3.05, 3.63) is 23.8 Å². The molecular formula is C9H9ClN2OS. The lowest BCUT2D eigenvalue weighted by Gasteiger charge is -2.18. The number of benzene rings is 1. The third-order valence-corrected chi connectivity index (χ3v) is 2.93. The Morgan fingerprint density at radius 3 is 3.14 bits per heavy atom. The summed E-state index contributed by atoms with van der Waals surface area (Å²) in [5.41, 5.74) is 1.96. The van der Waals surface area contributed by atoms with E-state index >= 15 is 0 Å². The molecule has 0 aliphatic carbocycles. The molecule has 0 spiro atoms. The zero-order valence-corrected chi connectivity index (χ0v) is 9.10. The van der Waals surface area contributed by atoms with E-state index in [1.54, 1.807) is 18.1 Å². The van der Waals surface area contributed by atoms with Crippen molar-refractivity contribution < 1.29 is 4.29 Å². The maximum Gasteiger partial charge on any atom is 0.197 e. The lowest BCUT2D eigenvalue weighted by Crippen LogP contribution is -2.10. The molecule has 1 aliphatic rings. The molecule has 0 saturated heterocycles. The first-order valence-corrected chi connectivity index (χ1v) is 5.62.